The van der Waals surface area contributed by atoms with E-state index in [0.29, 0.717) is 25.0 Å². The highest BCUT2D eigenvalue weighted by atomic mass is 19.1. The normalized spacial score (nSPS) is 15.5. The van der Waals surface area contributed by atoms with Crippen LogP contribution in [0.4, 0.5) is 10.3 Å². The molecule has 4 rings (SSSR count). The van der Waals surface area contributed by atoms with Crippen LogP contribution < -0.4 is 10.6 Å². The molecule has 6 heteroatoms. The fourth-order valence-corrected chi connectivity index (χ4v) is 4.22. The van der Waals surface area contributed by atoms with Crippen LogP contribution in [0.5, 0.6) is 0 Å². The molecular weight excluding hydrogens is 389 g/mol. The number of anilines is 1. The van der Waals surface area contributed by atoms with Gasteiger partial charge in [-0.25, -0.2) is 14.4 Å². The Bertz CT molecular complexity index is 987. The molecule has 1 aliphatic rings. The first kappa shape index (κ1) is 21.4. The topological polar surface area (TPSA) is 53.1 Å². The molecule has 0 radical (unpaired) electrons. The predicted molar refractivity (Wildman–Crippen MR) is 124 cm³/mol. The van der Waals surface area contributed by atoms with Gasteiger partial charge in [-0.05, 0) is 48.2 Å². The molecule has 0 aliphatic carbocycles. The summed E-state index contributed by atoms with van der Waals surface area (Å²) in [5.41, 5.74) is 4.29. The summed E-state index contributed by atoms with van der Waals surface area (Å²) >= 11 is 0. The minimum absolute atomic E-state index is 0.207. The van der Waals surface area contributed by atoms with E-state index in [1.165, 1.54) is 11.6 Å². The highest BCUT2D eigenvalue weighted by molar-refractivity contribution is 5.61. The molecule has 5 nitrogen and oxygen atoms in total. The first-order valence-electron chi connectivity index (χ1n) is 11.1. The van der Waals surface area contributed by atoms with Gasteiger partial charge in [-0.2, -0.15) is 0 Å². The van der Waals surface area contributed by atoms with Gasteiger partial charge >= 0.3 is 0 Å². The van der Waals surface area contributed by atoms with E-state index >= 15 is 0 Å². The molecule has 0 saturated carbocycles. The van der Waals surface area contributed by atoms with Gasteiger partial charge in [-0.1, -0.05) is 37.3 Å². The zero-order valence-corrected chi connectivity index (χ0v) is 18.0. The summed E-state index contributed by atoms with van der Waals surface area (Å²) in [4.78, 5) is 11.6. The number of nitrogens with one attached hydrogen (secondary N) is 2. The number of piperazine rings is 1. The number of nitrogens with zero attached hydrogens (tertiary/aromatic N) is 3. The first-order chi connectivity index (χ1) is 15.2. The lowest BCUT2D eigenvalue weighted by Gasteiger charge is -2.34. The van der Waals surface area contributed by atoms with Gasteiger partial charge in [0.05, 0.1) is 5.69 Å². The smallest absolute Gasteiger partial charge is 0.223 e. The lowest BCUT2D eigenvalue weighted by atomic mass is 9.98. The van der Waals surface area contributed by atoms with E-state index in [4.69, 9.17) is 4.98 Å². The van der Waals surface area contributed by atoms with E-state index in [0.717, 1.165) is 49.4 Å². The van der Waals surface area contributed by atoms with E-state index in [9.17, 15) is 4.39 Å². The van der Waals surface area contributed by atoms with E-state index in [1.807, 2.05) is 12.1 Å². The Hall–Kier alpha value is -2.83. The summed E-state index contributed by atoms with van der Waals surface area (Å²) in [6.07, 6.45) is 3.58. The van der Waals surface area contributed by atoms with Crippen molar-refractivity contribution >= 4 is 5.95 Å². The number of halogens is 1. The quantitative estimate of drug-likeness (QED) is 0.570. The predicted octanol–water partition coefficient (Wildman–Crippen LogP) is 4.29. The second-order valence-electron chi connectivity index (χ2n) is 7.91. The molecule has 2 aromatic carbocycles. The number of rotatable bonds is 8. The molecule has 0 bridgehead atoms. The second kappa shape index (κ2) is 10.5. The molecule has 1 unspecified atom stereocenters. The lowest BCUT2D eigenvalue weighted by molar-refractivity contribution is 0.169. The Balaban J connectivity index is 1.45. The van der Waals surface area contributed by atoms with Crippen LogP contribution in [0.15, 0.2) is 60.8 Å². The number of hydrogen-bond donors (Lipinski definition) is 2. The zero-order valence-electron chi connectivity index (χ0n) is 18.0. The molecule has 1 aromatic heterocycles. The Morgan fingerprint density at radius 3 is 2.74 bits per heavy atom. The number of hydrogen-bond acceptors (Lipinski definition) is 5. The average Bonchev–Trinajstić information content (AvgIpc) is 2.81. The van der Waals surface area contributed by atoms with E-state index < -0.39 is 0 Å². The Kier molecular flexibility index (Phi) is 7.22. The highest BCUT2D eigenvalue weighted by Gasteiger charge is 2.20. The van der Waals surface area contributed by atoms with Crippen molar-refractivity contribution in [1.29, 1.82) is 0 Å². The summed E-state index contributed by atoms with van der Waals surface area (Å²) in [5.74, 6) is 0.385. The van der Waals surface area contributed by atoms with Crippen LogP contribution in [0.1, 0.15) is 30.5 Å². The lowest BCUT2D eigenvalue weighted by Crippen LogP contribution is -2.45. The molecule has 0 spiro atoms. The Morgan fingerprint density at radius 2 is 1.94 bits per heavy atom. The zero-order chi connectivity index (χ0) is 21.5. The number of benzene rings is 2. The van der Waals surface area contributed by atoms with Crippen LogP contribution >= 0.6 is 0 Å². The van der Waals surface area contributed by atoms with Gasteiger partial charge < -0.3 is 10.6 Å². The molecule has 2 N–H and O–H groups in total. The van der Waals surface area contributed by atoms with Gasteiger partial charge in [-0.3, -0.25) is 4.90 Å². The van der Waals surface area contributed by atoms with Crippen LogP contribution in [0.25, 0.3) is 11.3 Å². The minimum Gasteiger partial charge on any atom is -0.354 e. The SMILES string of the molecule is CCC(c1cccc(-c2ccnc(NCCc3cccc(F)c3)n2)c1)N1CCNCC1. The third-order valence-electron chi connectivity index (χ3n) is 5.79. The minimum atomic E-state index is -0.207. The van der Waals surface area contributed by atoms with Crippen LogP contribution in [0, 0.1) is 5.82 Å². The maximum absolute atomic E-state index is 13.3. The summed E-state index contributed by atoms with van der Waals surface area (Å²) in [6, 6.07) is 17.8. The van der Waals surface area contributed by atoms with Crippen LogP contribution in [-0.4, -0.2) is 47.6 Å². The van der Waals surface area contributed by atoms with Crippen LogP contribution in [0.2, 0.25) is 0 Å². The van der Waals surface area contributed by atoms with E-state index in [2.05, 4.69) is 51.7 Å². The van der Waals surface area contributed by atoms with Gasteiger partial charge in [0.1, 0.15) is 5.82 Å². The van der Waals surface area contributed by atoms with Crippen molar-refractivity contribution in [2.75, 3.05) is 38.0 Å². The fourth-order valence-electron chi connectivity index (χ4n) is 4.22. The number of aromatic nitrogens is 2. The first-order valence-corrected chi connectivity index (χ1v) is 11.1. The largest absolute Gasteiger partial charge is 0.354 e. The standard InChI is InChI=1S/C25H30FN5/c1-2-24(31-15-13-27-14-16-31)21-7-4-6-20(18-21)23-10-12-29-25(30-23)28-11-9-19-5-3-8-22(26)17-19/h3-8,10,12,17-18,24,27H,2,9,11,13-16H2,1H3,(H,28,29,30). The van der Waals surface area contributed by atoms with Crippen molar-refractivity contribution in [3.05, 3.63) is 77.7 Å². The molecule has 1 fully saturated rings. The van der Waals surface area contributed by atoms with E-state index in [-0.39, 0.29) is 5.82 Å². The molecule has 31 heavy (non-hydrogen) atoms. The third kappa shape index (κ3) is 5.66. The summed E-state index contributed by atoms with van der Waals surface area (Å²) in [6.45, 7) is 7.16. The van der Waals surface area contributed by atoms with Gasteiger partial charge in [0.25, 0.3) is 0 Å². The monoisotopic (exact) mass is 419 g/mol. The van der Waals surface area contributed by atoms with Crippen LogP contribution in [0.3, 0.4) is 0 Å². The Labute approximate surface area is 183 Å². The maximum atomic E-state index is 13.3. The van der Waals surface area contributed by atoms with E-state index in [1.54, 1.807) is 18.3 Å². The van der Waals surface area contributed by atoms with Crippen molar-refractivity contribution < 1.29 is 4.39 Å². The van der Waals surface area contributed by atoms with Crippen molar-refractivity contribution in [2.45, 2.75) is 25.8 Å². The highest BCUT2D eigenvalue weighted by Crippen LogP contribution is 2.28. The summed E-state index contributed by atoms with van der Waals surface area (Å²) in [7, 11) is 0. The van der Waals surface area contributed by atoms with Crippen molar-refractivity contribution in [2.24, 2.45) is 0 Å². The third-order valence-corrected chi connectivity index (χ3v) is 5.79. The second-order valence-corrected chi connectivity index (χ2v) is 7.91. The summed E-state index contributed by atoms with van der Waals surface area (Å²) < 4.78 is 13.3. The fraction of sp³-hybridized carbons (Fsp3) is 0.360. The van der Waals surface area contributed by atoms with Crippen molar-refractivity contribution in [3.8, 4) is 11.3 Å². The molecule has 0 amide bonds. The molecule has 162 valence electrons. The molecule has 2 heterocycles. The molecule has 1 saturated heterocycles. The maximum Gasteiger partial charge on any atom is 0.223 e. The van der Waals surface area contributed by atoms with Gasteiger partial charge in [0, 0.05) is 50.5 Å². The molecule has 3 aromatic rings. The van der Waals surface area contributed by atoms with Crippen molar-refractivity contribution in [1.82, 2.24) is 20.2 Å². The van der Waals surface area contributed by atoms with Gasteiger partial charge in [0.15, 0.2) is 0 Å². The average molecular weight is 420 g/mol. The molecule has 1 aliphatic heterocycles. The van der Waals surface area contributed by atoms with Crippen molar-refractivity contribution in [3.63, 3.8) is 0 Å². The Morgan fingerprint density at radius 1 is 1.10 bits per heavy atom. The van der Waals surface area contributed by atoms with Gasteiger partial charge in [-0.15, -0.1) is 0 Å². The molecular formula is C25H30FN5. The summed E-state index contributed by atoms with van der Waals surface area (Å²) in [5, 5.41) is 6.70. The molecule has 1 atom stereocenters. The van der Waals surface area contributed by atoms with Gasteiger partial charge in [0.2, 0.25) is 5.95 Å². The van der Waals surface area contributed by atoms with Crippen LogP contribution in [-0.2, 0) is 6.42 Å².